The van der Waals surface area contributed by atoms with E-state index in [-0.39, 0.29) is 0 Å². The van der Waals surface area contributed by atoms with Crippen molar-refractivity contribution in [3.8, 4) is 0 Å². The lowest BCUT2D eigenvalue weighted by molar-refractivity contribution is 0.510. The Bertz CT molecular complexity index is 109. The molecule has 1 fully saturated rings. The quantitative estimate of drug-likeness (QED) is 0.486. The first-order valence-electron chi connectivity index (χ1n) is 4.08. The summed E-state index contributed by atoms with van der Waals surface area (Å²) in [7, 11) is 0. The third kappa shape index (κ3) is 2.45. The molecule has 0 amide bonds. The minimum atomic E-state index is 0.808. The first-order chi connectivity index (χ1) is 4.83. The van der Waals surface area contributed by atoms with Gasteiger partial charge in [0.25, 0.3) is 0 Å². The summed E-state index contributed by atoms with van der Waals surface area (Å²) in [5, 5.41) is 0. The first-order valence-corrected chi connectivity index (χ1v) is 4.99. The molecule has 0 aromatic heterocycles. The molecule has 0 saturated heterocycles. The number of allylic oxidation sites excluding steroid dienone is 1. The molecule has 0 aromatic rings. The van der Waals surface area contributed by atoms with Crippen molar-refractivity contribution in [2.45, 2.75) is 36.9 Å². The average molecular weight is 203 g/mol. The van der Waals surface area contributed by atoms with Gasteiger partial charge in [0.15, 0.2) is 0 Å². The maximum atomic E-state index is 3.73. The SMILES string of the molecule is C=CCCC1CCC(Br)C1. The topological polar surface area (TPSA) is 0 Å². The van der Waals surface area contributed by atoms with Gasteiger partial charge in [0.1, 0.15) is 0 Å². The normalized spacial score (nSPS) is 32.5. The highest BCUT2D eigenvalue weighted by Gasteiger charge is 2.21. The van der Waals surface area contributed by atoms with Crippen LogP contribution in [0.25, 0.3) is 0 Å². The summed E-state index contributed by atoms with van der Waals surface area (Å²) >= 11 is 3.64. The largest absolute Gasteiger partial charge is 0.103 e. The average Bonchev–Trinajstić information content (AvgIpc) is 2.31. The lowest BCUT2D eigenvalue weighted by Gasteiger charge is -2.05. The lowest BCUT2D eigenvalue weighted by Crippen LogP contribution is -1.93. The second-order valence-corrected chi connectivity index (χ2v) is 4.44. The Labute approximate surface area is 71.8 Å². The fourth-order valence-electron chi connectivity index (χ4n) is 1.63. The fraction of sp³-hybridized carbons (Fsp3) is 0.778. The van der Waals surface area contributed by atoms with Crippen LogP contribution in [0.3, 0.4) is 0 Å². The second-order valence-electron chi connectivity index (χ2n) is 3.14. The van der Waals surface area contributed by atoms with Gasteiger partial charge in [-0.1, -0.05) is 22.0 Å². The molecule has 0 radical (unpaired) electrons. The molecule has 0 aliphatic heterocycles. The minimum absolute atomic E-state index is 0.808. The van der Waals surface area contributed by atoms with Gasteiger partial charge in [0.2, 0.25) is 0 Å². The Kier molecular flexibility index (Phi) is 3.47. The summed E-state index contributed by atoms with van der Waals surface area (Å²) in [6.45, 7) is 3.73. The molecule has 1 saturated carbocycles. The molecule has 10 heavy (non-hydrogen) atoms. The van der Waals surface area contributed by atoms with Gasteiger partial charge >= 0.3 is 0 Å². The Morgan fingerprint density at radius 3 is 2.80 bits per heavy atom. The Morgan fingerprint density at radius 2 is 2.30 bits per heavy atom. The van der Waals surface area contributed by atoms with E-state index in [0.29, 0.717) is 0 Å². The van der Waals surface area contributed by atoms with Crippen LogP contribution in [0.1, 0.15) is 32.1 Å². The Morgan fingerprint density at radius 1 is 1.50 bits per heavy atom. The van der Waals surface area contributed by atoms with Gasteiger partial charge in [-0.2, -0.15) is 0 Å². The number of alkyl halides is 1. The maximum Gasteiger partial charge on any atom is 0.0148 e. The predicted octanol–water partition coefficient (Wildman–Crippen LogP) is 3.52. The molecule has 2 atom stereocenters. The lowest BCUT2D eigenvalue weighted by atomic mass is 10.0. The van der Waals surface area contributed by atoms with E-state index in [1.54, 1.807) is 0 Å². The van der Waals surface area contributed by atoms with E-state index < -0.39 is 0 Å². The van der Waals surface area contributed by atoms with Gasteiger partial charge in [-0.3, -0.25) is 0 Å². The van der Waals surface area contributed by atoms with Crippen molar-refractivity contribution in [1.82, 2.24) is 0 Å². The molecular weight excluding hydrogens is 188 g/mol. The van der Waals surface area contributed by atoms with E-state index in [1.165, 1.54) is 32.1 Å². The van der Waals surface area contributed by atoms with Crippen LogP contribution in [0, 0.1) is 5.92 Å². The highest BCUT2D eigenvalue weighted by Crippen LogP contribution is 2.33. The van der Waals surface area contributed by atoms with Gasteiger partial charge in [-0.15, -0.1) is 6.58 Å². The fourth-order valence-corrected chi connectivity index (χ4v) is 2.42. The zero-order chi connectivity index (χ0) is 7.40. The summed E-state index contributed by atoms with van der Waals surface area (Å²) in [6, 6.07) is 0. The zero-order valence-electron chi connectivity index (χ0n) is 6.35. The van der Waals surface area contributed by atoms with Crippen molar-refractivity contribution < 1.29 is 0 Å². The summed E-state index contributed by atoms with van der Waals surface area (Å²) in [5.41, 5.74) is 0. The van der Waals surface area contributed by atoms with Crippen molar-refractivity contribution in [2.24, 2.45) is 5.92 Å². The highest BCUT2D eigenvalue weighted by molar-refractivity contribution is 9.09. The second kappa shape index (κ2) is 4.17. The number of hydrogen-bond donors (Lipinski definition) is 0. The number of rotatable bonds is 3. The van der Waals surface area contributed by atoms with Gasteiger partial charge in [0.05, 0.1) is 0 Å². The van der Waals surface area contributed by atoms with Gasteiger partial charge in [-0.05, 0) is 38.0 Å². The van der Waals surface area contributed by atoms with Crippen molar-refractivity contribution in [3.05, 3.63) is 12.7 Å². The predicted molar refractivity (Wildman–Crippen MR) is 49.5 cm³/mol. The molecule has 0 nitrogen and oxygen atoms in total. The molecule has 1 aliphatic rings. The summed E-state index contributed by atoms with van der Waals surface area (Å²) in [5.74, 6) is 0.974. The van der Waals surface area contributed by atoms with Crippen LogP contribution >= 0.6 is 15.9 Å². The van der Waals surface area contributed by atoms with Crippen LogP contribution in [0.4, 0.5) is 0 Å². The van der Waals surface area contributed by atoms with Crippen LogP contribution in [-0.4, -0.2) is 4.83 Å². The van der Waals surface area contributed by atoms with Crippen molar-refractivity contribution in [2.75, 3.05) is 0 Å². The van der Waals surface area contributed by atoms with E-state index in [2.05, 4.69) is 22.5 Å². The smallest absolute Gasteiger partial charge is 0.0148 e. The third-order valence-electron chi connectivity index (χ3n) is 2.26. The van der Waals surface area contributed by atoms with Gasteiger partial charge in [-0.25, -0.2) is 0 Å². The number of halogens is 1. The molecule has 1 heteroatoms. The first kappa shape index (κ1) is 8.32. The molecule has 1 aliphatic carbocycles. The van der Waals surface area contributed by atoms with E-state index in [0.717, 1.165) is 10.7 Å². The van der Waals surface area contributed by atoms with Crippen molar-refractivity contribution in [1.29, 1.82) is 0 Å². The van der Waals surface area contributed by atoms with Crippen molar-refractivity contribution in [3.63, 3.8) is 0 Å². The maximum absolute atomic E-state index is 3.73. The van der Waals surface area contributed by atoms with Crippen molar-refractivity contribution >= 4 is 15.9 Å². The Hall–Kier alpha value is 0.220. The molecule has 58 valence electrons. The van der Waals surface area contributed by atoms with Gasteiger partial charge < -0.3 is 0 Å². The number of hydrogen-bond acceptors (Lipinski definition) is 0. The molecule has 0 spiro atoms. The third-order valence-corrected chi connectivity index (χ3v) is 3.09. The Balaban J connectivity index is 2.12. The van der Waals surface area contributed by atoms with E-state index >= 15 is 0 Å². The molecule has 0 heterocycles. The standard InChI is InChI=1S/C9H15Br/c1-2-3-4-8-5-6-9(10)7-8/h2,8-9H,1,3-7H2. The highest BCUT2D eigenvalue weighted by atomic mass is 79.9. The molecular formula is C9H15Br. The van der Waals surface area contributed by atoms with Crippen LogP contribution in [-0.2, 0) is 0 Å². The monoisotopic (exact) mass is 202 g/mol. The molecule has 0 bridgehead atoms. The summed E-state index contributed by atoms with van der Waals surface area (Å²) in [6.07, 6.45) is 8.76. The van der Waals surface area contributed by atoms with Crippen LogP contribution < -0.4 is 0 Å². The van der Waals surface area contributed by atoms with E-state index in [4.69, 9.17) is 0 Å². The van der Waals surface area contributed by atoms with E-state index in [1.807, 2.05) is 6.08 Å². The van der Waals surface area contributed by atoms with Crippen LogP contribution in [0.2, 0.25) is 0 Å². The molecule has 0 aromatic carbocycles. The van der Waals surface area contributed by atoms with Gasteiger partial charge in [0, 0.05) is 4.83 Å². The van der Waals surface area contributed by atoms with Crippen LogP contribution in [0.15, 0.2) is 12.7 Å². The zero-order valence-corrected chi connectivity index (χ0v) is 7.94. The summed E-state index contributed by atoms with van der Waals surface area (Å²) < 4.78 is 0. The molecule has 0 N–H and O–H groups in total. The molecule has 1 rings (SSSR count). The van der Waals surface area contributed by atoms with E-state index in [9.17, 15) is 0 Å². The van der Waals surface area contributed by atoms with Crippen LogP contribution in [0.5, 0.6) is 0 Å². The molecule has 2 unspecified atom stereocenters. The minimum Gasteiger partial charge on any atom is -0.103 e. The summed E-state index contributed by atoms with van der Waals surface area (Å²) in [4.78, 5) is 0.808.